The van der Waals surface area contributed by atoms with Crippen molar-refractivity contribution < 1.29 is 0 Å². The summed E-state index contributed by atoms with van der Waals surface area (Å²) in [5.41, 5.74) is 0. The minimum atomic E-state index is 0.604. The molecular weight excluding hydrogens is 172 g/mol. The summed E-state index contributed by atoms with van der Waals surface area (Å²) in [6, 6.07) is 2.76. The molecule has 0 fully saturated rings. The van der Waals surface area contributed by atoms with E-state index in [0.717, 1.165) is 18.9 Å². The largest absolute Gasteiger partial charge is 0.314 e. The van der Waals surface area contributed by atoms with Crippen molar-refractivity contribution in [1.82, 2.24) is 5.32 Å². The number of rotatable bonds is 8. The molecule has 14 heavy (non-hydrogen) atoms. The Hall–Kier alpha value is -0.550. The summed E-state index contributed by atoms with van der Waals surface area (Å²) < 4.78 is 0. The predicted molar refractivity (Wildman–Crippen MR) is 61.0 cm³/mol. The lowest BCUT2D eigenvalue weighted by molar-refractivity contribution is 0.456. The molecule has 2 heteroatoms. The maximum Gasteiger partial charge on any atom is 0.0622 e. The Balaban J connectivity index is 3.20. The van der Waals surface area contributed by atoms with Crippen LogP contribution in [0.15, 0.2) is 0 Å². The van der Waals surface area contributed by atoms with Gasteiger partial charge in [0.25, 0.3) is 0 Å². The zero-order chi connectivity index (χ0) is 10.8. The normalized spacial score (nSPS) is 12.8. The van der Waals surface area contributed by atoms with Gasteiger partial charge >= 0.3 is 0 Å². The van der Waals surface area contributed by atoms with Gasteiger partial charge < -0.3 is 5.32 Å². The van der Waals surface area contributed by atoms with Crippen molar-refractivity contribution >= 4 is 0 Å². The van der Waals surface area contributed by atoms with E-state index in [1.807, 2.05) is 0 Å². The van der Waals surface area contributed by atoms with Crippen LogP contribution >= 0.6 is 0 Å². The molecule has 0 aromatic carbocycles. The lowest BCUT2D eigenvalue weighted by Crippen LogP contribution is -2.26. The van der Waals surface area contributed by atoms with Crippen LogP contribution in [0.5, 0.6) is 0 Å². The third-order valence-electron chi connectivity index (χ3n) is 2.38. The van der Waals surface area contributed by atoms with Crippen LogP contribution in [0.25, 0.3) is 0 Å². The Morgan fingerprint density at radius 3 is 2.43 bits per heavy atom. The molecule has 1 N–H and O–H groups in total. The predicted octanol–water partition coefficient (Wildman–Crippen LogP) is 3.09. The number of hydrogen-bond acceptors (Lipinski definition) is 2. The standard InChI is InChI=1S/C12H24N2/c1-11(2)7-6-8-12(3)14-10-5-4-9-13/h11-12,14H,4-8,10H2,1-3H3. The zero-order valence-electron chi connectivity index (χ0n) is 9.84. The molecule has 0 saturated carbocycles. The molecule has 0 heterocycles. The molecular formula is C12H24N2. The molecule has 0 spiro atoms. The van der Waals surface area contributed by atoms with Crippen LogP contribution in [0, 0.1) is 17.2 Å². The van der Waals surface area contributed by atoms with Crippen molar-refractivity contribution in [3.05, 3.63) is 0 Å². The molecule has 0 rings (SSSR count). The molecule has 0 saturated heterocycles. The van der Waals surface area contributed by atoms with Crippen LogP contribution in [-0.2, 0) is 0 Å². The first kappa shape index (κ1) is 13.4. The van der Waals surface area contributed by atoms with Gasteiger partial charge in [-0.25, -0.2) is 0 Å². The molecule has 0 radical (unpaired) electrons. The first-order chi connectivity index (χ1) is 6.66. The number of unbranched alkanes of at least 4 members (excludes halogenated alkanes) is 1. The quantitative estimate of drug-likeness (QED) is 0.605. The Morgan fingerprint density at radius 1 is 1.14 bits per heavy atom. The fourth-order valence-corrected chi connectivity index (χ4v) is 1.45. The van der Waals surface area contributed by atoms with Crippen LogP contribution in [0.4, 0.5) is 0 Å². The number of hydrogen-bond donors (Lipinski definition) is 1. The van der Waals surface area contributed by atoms with Gasteiger partial charge in [-0.05, 0) is 32.2 Å². The van der Waals surface area contributed by atoms with E-state index in [1.165, 1.54) is 19.3 Å². The third-order valence-corrected chi connectivity index (χ3v) is 2.38. The fourth-order valence-electron chi connectivity index (χ4n) is 1.45. The summed E-state index contributed by atoms with van der Waals surface area (Å²) in [4.78, 5) is 0. The van der Waals surface area contributed by atoms with Gasteiger partial charge in [-0.3, -0.25) is 0 Å². The molecule has 0 aromatic heterocycles. The topological polar surface area (TPSA) is 35.8 Å². The highest BCUT2D eigenvalue weighted by molar-refractivity contribution is 4.70. The summed E-state index contributed by atoms with van der Waals surface area (Å²) in [7, 11) is 0. The first-order valence-corrected chi connectivity index (χ1v) is 5.77. The average Bonchev–Trinajstić information content (AvgIpc) is 2.12. The molecule has 0 aromatic rings. The fraction of sp³-hybridized carbons (Fsp3) is 0.917. The molecule has 0 bridgehead atoms. The molecule has 1 atom stereocenters. The van der Waals surface area contributed by atoms with Gasteiger partial charge in [0.15, 0.2) is 0 Å². The van der Waals surface area contributed by atoms with Crippen LogP contribution in [0.2, 0.25) is 0 Å². The lowest BCUT2D eigenvalue weighted by atomic mass is 10.0. The molecule has 0 aliphatic heterocycles. The van der Waals surface area contributed by atoms with Crippen molar-refractivity contribution in [3.8, 4) is 6.07 Å². The van der Waals surface area contributed by atoms with Gasteiger partial charge in [-0.15, -0.1) is 0 Å². The van der Waals surface area contributed by atoms with E-state index in [-0.39, 0.29) is 0 Å². The maximum atomic E-state index is 8.36. The van der Waals surface area contributed by atoms with Gasteiger partial charge in [0.2, 0.25) is 0 Å². The van der Waals surface area contributed by atoms with Gasteiger partial charge in [-0.1, -0.05) is 26.7 Å². The SMILES string of the molecule is CC(C)CCCC(C)NCCCC#N. The van der Waals surface area contributed by atoms with Crippen LogP contribution in [0.1, 0.15) is 52.9 Å². The number of nitriles is 1. The van der Waals surface area contributed by atoms with Crippen molar-refractivity contribution in [2.24, 2.45) is 5.92 Å². The van der Waals surface area contributed by atoms with E-state index in [9.17, 15) is 0 Å². The minimum Gasteiger partial charge on any atom is -0.314 e. The minimum absolute atomic E-state index is 0.604. The highest BCUT2D eigenvalue weighted by Gasteiger charge is 2.01. The van der Waals surface area contributed by atoms with E-state index >= 15 is 0 Å². The van der Waals surface area contributed by atoms with Crippen molar-refractivity contribution in [3.63, 3.8) is 0 Å². The van der Waals surface area contributed by atoms with E-state index in [4.69, 9.17) is 5.26 Å². The summed E-state index contributed by atoms with van der Waals surface area (Å²) in [5.74, 6) is 0.820. The average molecular weight is 196 g/mol. The number of nitrogens with one attached hydrogen (secondary N) is 1. The smallest absolute Gasteiger partial charge is 0.0622 e. The zero-order valence-corrected chi connectivity index (χ0v) is 9.84. The lowest BCUT2D eigenvalue weighted by Gasteiger charge is -2.13. The van der Waals surface area contributed by atoms with Gasteiger partial charge in [0.05, 0.1) is 6.07 Å². The molecule has 82 valence electrons. The second-order valence-electron chi connectivity index (χ2n) is 4.44. The van der Waals surface area contributed by atoms with Crippen molar-refractivity contribution in [2.45, 2.75) is 58.9 Å². The molecule has 0 aliphatic rings. The van der Waals surface area contributed by atoms with Gasteiger partial charge in [-0.2, -0.15) is 5.26 Å². The highest BCUT2D eigenvalue weighted by atomic mass is 14.9. The maximum absolute atomic E-state index is 8.36. The van der Waals surface area contributed by atoms with E-state index in [1.54, 1.807) is 0 Å². The van der Waals surface area contributed by atoms with Crippen LogP contribution in [0.3, 0.4) is 0 Å². The van der Waals surface area contributed by atoms with E-state index < -0.39 is 0 Å². The van der Waals surface area contributed by atoms with Gasteiger partial charge in [0.1, 0.15) is 0 Å². The van der Waals surface area contributed by atoms with Crippen LogP contribution < -0.4 is 5.32 Å². The van der Waals surface area contributed by atoms with Gasteiger partial charge in [0, 0.05) is 12.5 Å². The molecule has 0 aliphatic carbocycles. The third kappa shape index (κ3) is 9.54. The summed E-state index contributed by atoms with van der Waals surface area (Å²) >= 11 is 0. The summed E-state index contributed by atoms with van der Waals surface area (Å²) in [5, 5.41) is 11.8. The summed E-state index contributed by atoms with van der Waals surface area (Å²) in [6.07, 6.45) is 5.54. The highest BCUT2D eigenvalue weighted by Crippen LogP contribution is 2.08. The van der Waals surface area contributed by atoms with E-state index in [0.29, 0.717) is 12.5 Å². The summed E-state index contributed by atoms with van der Waals surface area (Å²) in [6.45, 7) is 7.75. The van der Waals surface area contributed by atoms with E-state index in [2.05, 4.69) is 32.2 Å². The molecule has 0 amide bonds. The molecule has 2 nitrogen and oxygen atoms in total. The Kier molecular flexibility index (Phi) is 8.67. The van der Waals surface area contributed by atoms with Crippen LogP contribution in [-0.4, -0.2) is 12.6 Å². The second kappa shape index (κ2) is 9.02. The number of nitrogens with zero attached hydrogens (tertiary/aromatic N) is 1. The van der Waals surface area contributed by atoms with Crippen molar-refractivity contribution in [2.75, 3.05) is 6.54 Å². The Morgan fingerprint density at radius 2 is 1.86 bits per heavy atom. The monoisotopic (exact) mass is 196 g/mol. The second-order valence-corrected chi connectivity index (χ2v) is 4.44. The Labute approximate surface area is 88.7 Å². The first-order valence-electron chi connectivity index (χ1n) is 5.77. The van der Waals surface area contributed by atoms with Crippen molar-refractivity contribution in [1.29, 1.82) is 5.26 Å². The Bertz CT molecular complexity index is 158. The molecule has 1 unspecified atom stereocenters.